The molecule has 3 aromatic rings. The third-order valence-corrected chi connectivity index (χ3v) is 4.07. The molecule has 2 N–H and O–H groups in total. The van der Waals surface area contributed by atoms with Gasteiger partial charge in [0.2, 0.25) is 0 Å². The first-order chi connectivity index (χ1) is 10.1. The molecule has 5 heteroatoms. The summed E-state index contributed by atoms with van der Waals surface area (Å²) in [5.41, 5.74) is 2.16. The summed E-state index contributed by atoms with van der Waals surface area (Å²) in [5, 5.41) is 17.3. The Morgan fingerprint density at radius 1 is 1.29 bits per heavy atom. The molecule has 0 fully saturated rings. The van der Waals surface area contributed by atoms with Crippen molar-refractivity contribution in [2.45, 2.75) is 13.0 Å². The van der Waals surface area contributed by atoms with Crippen molar-refractivity contribution >= 4 is 34.0 Å². The number of benzene rings is 1. The molecule has 0 spiro atoms. The number of nitrogens with zero attached hydrogens (tertiary/aromatic N) is 1. The molecule has 0 bridgehead atoms. The molecule has 0 saturated carbocycles. The lowest BCUT2D eigenvalue weighted by atomic mass is 10.1. The van der Waals surface area contributed by atoms with E-state index in [1.165, 1.54) is 5.56 Å². The molecule has 1 unspecified atom stereocenters. The lowest BCUT2D eigenvalue weighted by molar-refractivity contribution is 0.0699. The van der Waals surface area contributed by atoms with Crippen LogP contribution in [0.5, 0.6) is 0 Å². The highest BCUT2D eigenvalue weighted by molar-refractivity contribution is 7.08. The first-order valence-corrected chi connectivity index (χ1v) is 7.51. The van der Waals surface area contributed by atoms with Crippen molar-refractivity contribution in [3.05, 3.63) is 58.3 Å². The normalized spacial score (nSPS) is 12.2. The minimum Gasteiger partial charge on any atom is -0.478 e. The Kier molecular flexibility index (Phi) is 3.58. The standard InChI is InChI=1S/C16H14N2O2S/c1-10(11-7-8-21-9-11)17-15-6-5-12-13(16(19)20)3-2-4-14(12)18-15/h2-10H,1H3,(H,17,18)(H,19,20). The van der Waals surface area contributed by atoms with Crippen LogP contribution in [0.4, 0.5) is 5.82 Å². The molecule has 2 aromatic heterocycles. The van der Waals surface area contributed by atoms with Gasteiger partial charge in [-0.3, -0.25) is 0 Å². The molecule has 0 aliphatic carbocycles. The number of anilines is 1. The van der Waals surface area contributed by atoms with Crippen LogP contribution in [0.1, 0.15) is 28.9 Å². The summed E-state index contributed by atoms with van der Waals surface area (Å²) in [6.45, 7) is 2.07. The predicted molar refractivity (Wildman–Crippen MR) is 85.1 cm³/mol. The van der Waals surface area contributed by atoms with E-state index < -0.39 is 5.97 Å². The number of carboxylic acids is 1. The highest BCUT2D eigenvalue weighted by Gasteiger charge is 2.10. The van der Waals surface area contributed by atoms with E-state index in [4.69, 9.17) is 0 Å². The van der Waals surface area contributed by atoms with E-state index in [1.54, 1.807) is 29.5 Å². The third kappa shape index (κ3) is 2.73. The Bertz CT molecular complexity index is 784. The molecule has 1 aromatic carbocycles. The average Bonchev–Trinajstić information content (AvgIpc) is 3.00. The fourth-order valence-electron chi connectivity index (χ4n) is 2.25. The number of aromatic nitrogens is 1. The molecule has 106 valence electrons. The molecule has 0 saturated heterocycles. The maximum atomic E-state index is 11.2. The summed E-state index contributed by atoms with van der Waals surface area (Å²) >= 11 is 1.66. The van der Waals surface area contributed by atoms with Crippen molar-refractivity contribution in [3.8, 4) is 0 Å². The van der Waals surface area contributed by atoms with Gasteiger partial charge in [0, 0.05) is 5.39 Å². The molecule has 21 heavy (non-hydrogen) atoms. The number of hydrogen-bond acceptors (Lipinski definition) is 4. The van der Waals surface area contributed by atoms with Gasteiger partial charge in [0.1, 0.15) is 5.82 Å². The summed E-state index contributed by atoms with van der Waals surface area (Å²) in [4.78, 5) is 15.7. The van der Waals surface area contributed by atoms with Gasteiger partial charge in [0.15, 0.2) is 0 Å². The number of carboxylic acid groups (broad SMARTS) is 1. The van der Waals surface area contributed by atoms with Crippen LogP contribution in [0.25, 0.3) is 10.9 Å². The fraction of sp³-hybridized carbons (Fsp3) is 0.125. The van der Waals surface area contributed by atoms with Crippen molar-refractivity contribution in [2.75, 3.05) is 5.32 Å². The lowest BCUT2D eigenvalue weighted by Gasteiger charge is -2.14. The van der Waals surface area contributed by atoms with Crippen LogP contribution in [-0.2, 0) is 0 Å². The minimum atomic E-state index is -0.935. The Morgan fingerprint density at radius 3 is 2.86 bits per heavy atom. The van der Waals surface area contributed by atoms with Gasteiger partial charge >= 0.3 is 5.97 Å². The van der Waals surface area contributed by atoms with Crippen molar-refractivity contribution in [1.29, 1.82) is 0 Å². The maximum Gasteiger partial charge on any atom is 0.336 e. The van der Waals surface area contributed by atoms with Crippen LogP contribution < -0.4 is 5.32 Å². The third-order valence-electron chi connectivity index (χ3n) is 3.37. The second-order valence-corrected chi connectivity index (χ2v) is 5.58. The van der Waals surface area contributed by atoms with E-state index in [0.717, 1.165) is 5.82 Å². The molecule has 4 nitrogen and oxygen atoms in total. The number of nitrogens with one attached hydrogen (secondary N) is 1. The molecule has 0 aliphatic rings. The van der Waals surface area contributed by atoms with Crippen LogP contribution in [0, 0.1) is 0 Å². The van der Waals surface area contributed by atoms with Crippen LogP contribution in [0.15, 0.2) is 47.2 Å². The van der Waals surface area contributed by atoms with Gasteiger partial charge in [-0.2, -0.15) is 11.3 Å². The van der Waals surface area contributed by atoms with E-state index in [0.29, 0.717) is 10.9 Å². The molecular weight excluding hydrogens is 284 g/mol. The minimum absolute atomic E-state index is 0.156. The quantitative estimate of drug-likeness (QED) is 0.759. The lowest BCUT2D eigenvalue weighted by Crippen LogP contribution is -2.07. The Morgan fingerprint density at radius 2 is 2.14 bits per heavy atom. The summed E-state index contributed by atoms with van der Waals surface area (Å²) in [5.74, 6) is -0.196. The summed E-state index contributed by atoms with van der Waals surface area (Å²) < 4.78 is 0. The SMILES string of the molecule is CC(Nc1ccc2c(C(=O)O)cccc2n1)c1ccsc1. The zero-order valence-corrected chi connectivity index (χ0v) is 12.2. The van der Waals surface area contributed by atoms with Crippen molar-refractivity contribution in [2.24, 2.45) is 0 Å². The summed E-state index contributed by atoms with van der Waals surface area (Å²) in [7, 11) is 0. The number of thiophene rings is 1. The number of aromatic carboxylic acids is 1. The van der Waals surface area contributed by atoms with E-state index >= 15 is 0 Å². The van der Waals surface area contributed by atoms with Crippen LogP contribution >= 0.6 is 11.3 Å². The zero-order valence-electron chi connectivity index (χ0n) is 11.4. The second kappa shape index (κ2) is 5.54. The molecule has 3 rings (SSSR count). The van der Waals surface area contributed by atoms with Gasteiger partial charge in [-0.1, -0.05) is 6.07 Å². The number of rotatable bonds is 4. The van der Waals surface area contributed by atoms with Gasteiger partial charge in [-0.25, -0.2) is 9.78 Å². The van der Waals surface area contributed by atoms with E-state index in [1.807, 2.05) is 17.5 Å². The monoisotopic (exact) mass is 298 g/mol. The second-order valence-electron chi connectivity index (χ2n) is 4.80. The highest BCUT2D eigenvalue weighted by atomic mass is 32.1. The summed E-state index contributed by atoms with van der Waals surface area (Å²) in [6.07, 6.45) is 0. The average molecular weight is 298 g/mol. The fourth-order valence-corrected chi connectivity index (χ4v) is 3.00. The van der Waals surface area contributed by atoms with Gasteiger partial charge in [0.05, 0.1) is 17.1 Å². The smallest absolute Gasteiger partial charge is 0.336 e. The Hall–Kier alpha value is -2.40. The topological polar surface area (TPSA) is 62.2 Å². The number of pyridine rings is 1. The molecule has 0 amide bonds. The molecular formula is C16H14N2O2S. The van der Waals surface area contributed by atoms with Gasteiger partial charge in [-0.15, -0.1) is 0 Å². The first-order valence-electron chi connectivity index (χ1n) is 6.57. The molecule has 2 heterocycles. The Balaban J connectivity index is 1.93. The number of carbonyl (C=O) groups is 1. The van der Waals surface area contributed by atoms with E-state index in [9.17, 15) is 9.90 Å². The van der Waals surface area contributed by atoms with E-state index in [2.05, 4.69) is 28.7 Å². The summed E-state index contributed by atoms with van der Waals surface area (Å²) in [6, 6.07) is 11.0. The van der Waals surface area contributed by atoms with Crippen LogP contribution in [0.3, 0.4) is 0 Å². The number of hydrogen-bond donors (Lipinski definition) is 2. The molecule has 1 atom stereocenters. The number of fused-ring (bicyclic) bond motifs is 1. The Labute approximate surface area is 126 Å². The maximum absolute atomic E-state index is 11.2. The van der Waals surface area contributed by atoms with E-state index in [-0.39, 0.29) is 11.6 Å². The van der Waals surface area contributed by atoms with Crippen LogP contribution in [-0.4, -0.2) is 16.1 Å². The van der Waals surface area contributed by atoms with Gasteiger partial charge in [0.25, 0.3) is 0 Å². The molecule has 0 radical (unpaired) electrons. The molecule has 0 aliphatic heterocycles. The van der Waals surface area contributed by atoms with Crippen molar-refractivity contribution in [1.82, 2.24) is 4.98 Å². The van der Waals surface area contributed by atoms with Gasteiger partial charge < -0.3 is 10.4 Å². The van der Waals surface area contributed by atoms with Crippen LogP contribution in [0.2, 0.25) is 0 Å². The van der Waals surface area contributed by atoms with Crippen molar-refractivity contribution < 1.29 is 9.90 Å². The largest absolute Gasteiger partial charge is 0.478 e. The highest BCUT2D eigenvalue weighted by Crippen LogP contribution is 2.23. The predicted octanol–water partition coefficient (Wildman–Crippen LogP) is 4.17. The van der Waals surface area contributed by atoms with Crippen molar-refractivity contribution in [3.63, 3.8) is 0 Å². The zero-order chi connectivity index (χ0) is 14.8. The van der Waals surface area contributed by atoms with Gasteiger partial charge in [-0.05, 0) is 53.6 Å². The first kappa shape index (κ1) is 13.6.